The molecule has 7 heteroatoms. The van der Waals surface area contributed by atoms with Crippen LogP contribution in [0.4, 0.5) is 0 Å². The lowest BCUT2D eigenvalue weighted by Crippen LogP contribution is -2.24. The average molecular weight is 407 g/mol. The number of carbonyl (C=O) groups excluding carboxylic acids is 1. The number of likely N-dealkylation sites (N-methyl/N-ethyl adjacent to an activating group) is 1. The first-order valence-corrected chi connectivity index (χ1v) is 9.52. The quantitative estimate of drug-likeness (QED) is 0.526. The molecule has 7 nitrogen and oxygen atoms in total. The van der Waals surface area contributed by atoms with E-state index >= 15 is 0 Å². The lowest BCUT2D eigenvalue weighted by Gasteiger charge is -2.15. The molecule has 0 radical (unpaired) electrons. The molecule has 3 aromatic rings. The first-order chi connectivity index (χ1) is 14.5. The van der Waals surface area contributed by atoms with Gasteiger partial charge < -0.3 is 18.9 Å². The van der Waals surface area contributed by atoms with Gasteiger partial charge in [0, 0.05) is 32.1 Å². The second-order valence-corrected chi connectivity index (χ2v) is 6.89. The number of rotatable bonds is 8. The fourth-order valence-corrected chi connectivity index (χ4v) is 2.90. The third-order valence-corrected chi connectivity index (χ3v) is 4.68. The highest BCUT2D eigenvalue weighted by atomic mass is 16.5. The van der Waals surface area contributed by atoms with Crippen LogP contribution in [0.1, 0.15) is 28.1 Å². The molecule has 0 aliphatic carbocycles. The standard InChI is InChI=1S/C23H25N3O4/c1-16-20(17(2)30-25-16)15-29-21-9-7-18(12-22(21)28-4)8-10-23(27)26(3)14-19-6-5-11-24-13-19/h5-13H,14-15H2,1-4H3/b10-8+. The summed E-state index contributed by atoms with van der Waals surface area (Å²) in [5.74, 6) is 1.83. The van der Waals surface area contributed by atoms with Gasteiger partial charge in [0.05, 0.1) is 18.4 Å². The summed E-state index contributed by atoms with van der Waals surface area (Å²) >= 11 is 0. The summed E-state index contributed by atoms with van der Waals surface area (Å²) in [5, 5.41) is 3.93. The Labute approximate surface area is 175 Å². The zero-order valence-electron chi connectivity index (χ0n) is 17.6. The monoisotopic (exact) mass is 407 g/mol. The topological polar surface area (TPSA) is 77.7 Å². The smallest absolute Gasteiger partial charge is 0.246 e. The molecule has 30 heavy (non-hydrogen) atoms. The SMILES string of the molecule is COc1cc(/C=C/C(=O)N(C)Cc2cccnc2)ccc1OCc1c(C)noc1C. The van der Waals surface area contributed by atoms with Gasteiger partial charge in [0.2, 0.25) is 5.91 Å². The van der Waals surface area contributed by atoms with E-state index in [1.165, 1.54) is 6.08 Å². The van der Waals surface area contributed by atoms with Crippen LogP contribution in [0.2, 0.25) is 0 Å². The van der Waals surface area contributed by atoms with Crippen LogP contribution in [0.25, 0.3) is 6.08 Å². The Balaban J connectivity index is 1.64. The van der Waals surface area contributed by atoms with Gasteiger partial charge in [-0.25, -0.2) is 0 Å². The minimum absolute atomic E-state index is 0.100. The molecule has 1 amide bonds. The number of aryl methyl sites for hydroxylation is 2. The van der Waals surface area contributed by atoms with Crippen molar-refractivity contribution in [3.05, 3.63) is 76.9 Å². The van der Waals surface area contributed by atoms with Crippen molar-refractivity contribution < 1.29 is 18.8 Å². The van der Waals surface area contributed by atoms with E-state index in [9.17, 15) is 4.79 Å². The van der Waals surface area contributed by atoms with Crippen molar-refractivity contribution in [2.75, 3.05) is 14.2 Å². The number of pyridine rings is 1. The van der Waals surface area contributed by atoms with Crippen molar-refractivity contribution in [3.63, 3.8) is 0 Å². The summed E-state index contributed by atoms with van der Waals surface area (Å²) < 4.78 is 16.5. The van der Waals surface area contributed by atoms with Crippen LogP contribution in [0.15, 0.2) is 53.3 Å². The number of hydrogen-bond donors (Lipinski definition) is 0. The van der Waals surface area contributed by atoms with Crippen LogP contribution in [0, 0.1) is 13.8 Å². The van der Waals surface area contributed by atoms with E-state index < -0.39 is 0 Å². The molecule has 0 spiro atoms. The van der Waals surface area contributed by atoms with Gasteiger partial charge in [-0.1, -0.05) is 17.3 Å². The van der Waals surface area contributed by atoms with Gasteiger partial charge >= 0.3 is 0 Å². The van der Waals surface area contributed by atoms with Gasteiger partial charge in [-0.3, -0.25) is 9.78 Å². The number of amides is 1. The fourth-order valence-electron chi connectivity index (χ4n) is 2.90. The normalized spacial score (nSPS) is 10.9. The zero-order valence-corrected chi connectivity index (χ0v) is 17.6. The molecule has 0 saturated heterocycles. The van der Waals surface area contributed by atoms with Gasteiger partial charge in [-0.2, -0.15) is 0 Å². The summed E-state index contributed by atoms with van der Waals surface area (Å²) in [4.78, 5) is 18.1. The van der Waals surface area contributed by atoms with Gasteiger partial charge in [0.1, 0.15) is 12.4 Å². The zero-order chi connectivity index (χ0) is 21.5. The molecule has 2 heterocycles. The van der Waals surface area contributed by atoms with Crippen LogP contribution >= 0.6 is 0 Å². The average Bonchev–Trinajstić information content (AvgIpc) is 3.08. The lowest BCUT2D eigenvalue weighted by molar-refractivity contribution is -0.125. The van der Waals surface area contributed by atoms with E-state index in [0.717, 1.165) is 28.1 Å². The number of hydrogen-bond acceptors (Lipinski definition) is 6. The van der Waals surface area contributed by atoms with Crippen LogP contribution in [0.5, 0.6) is 11.5 Å². The Bertz CT molecular complexity index is 1010. The molecule has 0 saturated carbocycles. The molecule has 0 bridgehead atoms. The number of aromatic nitrogens is 2. The fraction of sp³-hybridized carbons (Fsp3) is 0.261. The Kier molecular flexibility index (Phi) is 6.85. The predicted octanol–water partition coefficient (Wildman–Crippen LogP) is 3.95. The van der Waals surface area contributed by atoms with Gasteiger partial charge in [0.25, 0.3) is 0 Å². The van der Waals surface area contributed by atoms with Crippen molar-refractivity contribution in [3.8, 4) is 11.5 Å². The first kappa shape index (κ1) is 21.1. The molecule has 0 fully saturated rings. The van der Waals surface area contributed by atoms with Crippen molar-refractivity contribution in [1.29, 1.82) is 0 Å². The third kappa shape index (κ3) is 5.26. The highest BCUT2D eigenvalue weighted by molar-refractivity contribution is 5.91. The van der Waals surface area contributed by atoms with Crippen molar-refractivity contribution in [2.24, 2.45) is 0 Å². The Morgan fingerprint density at radius 1 is 1.23 bits per heavy atom. The third-order valence-electron chi connectivity index (χ3n) is 4.68. The predicted molar refractivity (Wildman–Crippen MR) is 113 cm³/mol. The second-order valence-electron chi connectivity index (χ2n) is 6.89. The Morgan fingerprint density at radius 2 is 2.07 bits per heavy atom. The molecular weight excluding hydrogens is 382 g/mol. The molecule has 3 rings (SSSR count). The lowest BCUT2D eigenvalue weighted by atomic mass is 10.1. The van der Waals surface area contributed by atoms with E-state index in [-0.39, 0.29) is 5.91 Å². The minimum atomic E-state index is -0.100. The van der Waals surface area contributed by atoms with E-state index in [2.05, 4.69) is 10.1 Å². The number of methoxy groups -OCH3 is 1. The summed E-state index contributed by atoms with van der Waals surface area (Å²) in [7, 11) is 3.34. The molecule has 0 unspecified atom stereocenters. The number of benzene rings is 1. The molecule has 156 valence electrons. The number of ether oxygens (including phenoxy) is 2. The van der Waals surface area contributed by atoms with E-state index in [0.29, 0.717) is 24.7 Å². The van der Waals surface area contributed by atoms with Crippen molar-refractivity contribution >= 4 is 12.0 Å². The Morgan fingerprint density at radius 3 is 2.73 bits per heavy atom. The summed E-state index contributed by atoms with van der Waals surface area (Å²) in [6, 6.07) is 9.31. The van der Waals surface area contributed by atoms with Crippen LogP contribution in [-0.4, -0.2) is 35.1 Å². The van der Waals surface area contributed by atoms with E-state index in [1.807, 2.05) is 44.2 Å². The molecule has 1 aromatic carbocycles. The summed E-state index contributed by atoms with van der Waals surface area (Å²) in [6.45, 7) is 4.56. The molecular formula is C23H25N3O4. The van der Waals surface area contributed by atoms with Crippen LogP contribution in [0.3, 0.4) is 0 Å². The number of nitrogens with zero attached hydrogens (tertiary/aromatic N) is 3. The summed E-state index contributed by atoms with van der Waals surface area (Å²) in [6.07, 6.45) is 6.75. The Hall–Kier alpha value is -3.61. The number of carbonyl (C=O) groups is 1. The van der Waals surface area contributed by atoms with Gasteiger partial charge in [-0.05, 0) is 49.2 Å². The van der Waals surface area contributed by atoms with Crippen molar-refractivity contribution in [1.82, 2.24) is 15.0 Å². The van der Waals surface area contributed by atoms with Crippen molar-refractivity contribution in [2.45, 2.75) is 27.0 Å². The van der Waals surface area contributed by atoms with Crippen LogP contribution < -0.4 is 9.47 Å². The maximum atomic E-state index is 12.4. The van der Waals surface area contributed by atoms with E-state index in [4.69, 9.17) is 14.0 Å². The minimum Gasteiger partial charge on any atom is -0.493 e. The van der Waals surface area contributed by atoms with Crippen LogP contribution in [-0.2, 0) is 17.9 Å². The maximum absolute atomic E-state index is 12.4. The molecule has 0 aliphatic heterocycles. The highest BCUT2D eigenvalue weighted by Gasteiger charge is 2.12. The van der Waals surface area contributed by atoms with Gasteiger partial charge in [-0.15, -0.1) is 0 Å². The molecule has 0 N–H and O–H groups in total. The molecule has 0 atom stereocenters. The summed E-state index contributed by atoms with van der Waals surface area (Å²) in [5.41, 5.74) is 3.53. The largest absolute Gasteiger partial charge is 0.493 e. The second kappa shape index (κ2) is 9.73. The molecule has 0 aliphatic rings. The van der Waals surface area contributed by atoms with E-state index in [1.54, 1.807) is 37.5 Å². The first-order valence-electron chi connectivity index (χ1n) is 9.52. The van der Waals surface area contributed by atoms with Gasteiger partial charge in [0.15, 0.2) is 11.5 Å². The highest BCUT2D eigenvalue weighted by Crippen LogP contribution is 2.30. The molecule has 2 aromatic heterocycles. The maximum Gasteiger partial charge on any atom is 0.246 e.